The maximum Gasteiger partial charge on any atom is 0.291 e. The van der Waals surface area contributed by atoms with Crippen LogP contribution in [0.15, 0.2) is 54.9 Å². The van der Waals surface area contributed by atoms with Crippen molar-refractivity contribution in [2.45, 2.75) is 25.4 Å². The third-order valence-electron chi connectivity index (χ3n) is 5.31. The number of hydrogen-bond donors (Lipinski definition) is 2. The van der Waals surface area contributed by atoms with Crippen LogP contribution in [-0.4, -0.2) is 52.2 Å². The number of primary amides is 1. The number of fused-ring (bicyclic) bond motifs is 1. The Labute approximate surface area is 190 Å². The Morgan fingerprint density at radius 2 is 1.97 bits per heavy atom. The molecule has 0 unspecified atom stereocenters. The van der Waals surface area contributed by atoms with Gasteiger partial charge in [-0.05, 0) is 29.7 Å². The first-order valence-corrected chi connectivity index (χ1v) is 10.5. The van der Waals surface area contributed by atoms with Gasteiger partial charge in [-0.2, -0.15) is 0 Å². The molecule has 1 aliphatic heterocycles. The molecule has 0 radical (unpaired) electrons. The van der Waals surface area contributed by atoms with Gasteiger partial charge in [-0.1, -0.05) is 36.4 Å². The molecule has 0 bridgehead atoms. The number of nitrogens with one attached hydrogen (secondary N) is 1. The molecule has 3 aromatic rings. The number of rotatable bonds is 7. The highest BCUT2D eigenvalue weighted by Crippen LogP contribution is 2.32. The van der Waals surface area contributed by atoms with E-state index in [-0.39, 0.29) is 24.8 Å². The van der Waals surface area contributed by atoms with Crippen molar-refractivity contribution in [3.05, 3.63) is 71.8 Å². The summed E-state index contributed by atoms with van der Waals surface area (Å²) >= 11 is 0. The summed E-state index contributed by atoms with van der Waals surface area (Å²) in [5.41, 5.74) is 7.66. The van der Waals surface area contributed by atoms with E-state index in [4.69, 9.17) is 10.5 Å². The largest absolute Gasteiger partial charge is 0.489 e. The molecule has 0 saturated carbocycles. The summed E-state index contributed by atoms with van der Waals surface area (Å²) in [6.07, 6.45) is 2.14. The fraction of sp³-hybridized carbons (Fsp3) is 0.261. The lowest BCUT2D eigenvalue weighted by atomic mass is 10.1. The van der Waals surface area contributed by atoms with Crippen LogP contribution in [0.1, 0.15) is 28.2 Å². The number of carbonyl (C=O) groups excluding carboxylic acids is 3. The molecule has 2 aromatic carbocycles. The van der Waals surface area contributed by atoms with Crippen LogP contribution < -0.4 is 20.7 Å². The molecule has 0 fully saturated rings. The van der Waals surface area contributed by atoms with Crippen LogP contribution in [0.4, 0.5) is 5.69 Å². The van der Waals surface area contributed by atoms with E-state index in [1.54, 1.807) is 23.9 Å². The van der Waals surface area contributed by atoms with Crippen molar-refractivity contribution in [2.75, 3.05) is 18.6 Å². The third kappa shape index (κ3) is 5.17. The smallest absolute Gasteiger partial charge is 0.291 e. The minimum atomic E-state index is -0.912. The first kappa shape index (κ1) is 22.0. The van der Waals surface area contributed by atoms with E-state index in [2.05, 4.69) is 15.4 Å². The maximum atomic E-state index is 13.0. The van der Waals surface area contributed by atoms with Crippen molar-refractivity contribution < 1.29 is 19.1 Å². The van der Waals surface area contributed by atoms with Crippen LogP contribution >= 0.6 is 0 Å². The standard InChI is InChI=1S/C23H24N6O4/c1-28-18-11-15(8-10-20(24)30)7-9-19(18)33-13-17(23(28)32)26-22(31)21-25-14-29(27-21)12-16-5-3-2-4-6-16/h2-7,9,11,14,17H,8,10,12-13H2,1H3,(H2,24,30)(H,26,31)/t17-/m1/s1. The Bertz CT molecular complexity index is 1180. The molecule has 3 amide bonds. The van der Waals surface area contributed by atoms with Crippen molar-refractivity contribution in [2.24, 2.45) is 5.73 Å². The van der Waals surface area contributed by atoms with E-state index in [9.17, 15) is 14.4 Å². The zero-order valence-electron chi connectivity index (χ0n) is 18.1. The Balaban J connectivity index is 1.43. The van der Waals surface area contributed by atoms with Gasteiger partial charge in [0.1, 0.15) is 24.7 Å². The van der Waals surface area contributed by atoms with Gasteiger partial charge in [-0.15, -0.1) is 5.10 Å². The van der Waals surface area contributed by atoms with E-state index >= 15 is 0 Å². The molecule has 170 valence electrons. The third-order valence-corrected chi connectivity index (χ3v) is 5.31. The molecule has 2 heterocycles. The molecule has 4 rings (SSSR count). The molecule has 33 heavy (non-hydrogen) atoms. The molecular weight excluding hydrogens is 424 g/mol. The molecule has 3 N–H and O–H groups in total. The highest BCUT2D eigenvalue weighted by molar-refractivity contribution is 6.02. The predicted molar refractivity (Wildman–Crippen MR) is 120 cm³/mol. The molecule has 0 aliphatic carbocycles. The fourth-order valence-corrected chi connectivity index (χ4v) is 3.54. The Kier molecular flexibility index (Phi) is 6.34. The summed E-state index contributed by atoms with van der Waals surface area (Å²) in [7, 11) is 1.61. The molecule has 1 aliphatic rings. The van der Waals surface area contributed by atoms with E-state index in [1.807, 2.05) is 36.4 Å². The quantitative estimate of drug-likeness (QED) is 0.552. The zero-order chi connectivity index (χ0) is 23.4. The van der Waals surface area contributed by atoms with Gasteiger partial charge in [0, 0.05) is 13.5 Å². The molecule has 1 atom stereocenters. The summed E-state index contributed by atoms with van der Waals surface area (Å²) in [6, 6.07) is 14.1. The lowest BCUT2D eigenvalue weighted by molar-refractivity contribution is -0.120. The number of likely N-dealkylation sites (N-methyl/N-ethyl adjacent to an activating group) is 1. The van der Waals surface area contributed by atoms with E-state index in [1.165, 1.54) is 11.2 Å². The van der Waals surface area contributed by atoms with E-state index in [0.717, 1.165) is 11.1 Å². The summed E-state index contributed by atoms with van der Waals surface area (Å²) in [4.78, 5) is 42.3. The Morgan fingerprint density at radius 1 is 1.18 bits per heavy atom. The van der Waals surface area contributed by atoms with Crippen LogP contribution in [0, 0.1) is 0 Å². The summed E-state index contributed by atoms with van der Waals surface area (Å²) in [5, 5.41) is 6.88. The first-order chi connectivity index (χ1) is 15.9. The van der Waals surface area contributed by atoms with E-state index < -0.39 is 17.9 Å². The molecule has 10 heteroatoms. The van der Waals surface area contributed by atoms with Gasteiger partial charge in [0.05, 0.1) is 12.2 Å². The number of nitrogens with two attached hydrogens (primary N) is 1. The zero-order valence-corrected chi connectivity index (χ0v) is 18.1. The SMILES string of the molecule is CN1C(=O)[C@H](NC(=O)c2ncn(Cc3ccccc3)n2)COc2ccc(CCC(N)=O)cc21. The fourth-order valence-electron chi connectivity index (χ4n) is 3.54. The number of aryl methyl sites for hydroxylation is 1. The van der Waals surface area contributed by atoms with Gasteiger partial charge in [0.25, 0.3) is 11.8 Å². The van der Waals surface area contributed by atoms with Crippen molar-refractivity contribution >= 4 is 23.4 Å². The Hall–Kier alpha value is -4.21. The molecule has 10 nitrogen and oxygen atoms in total. The normalized spacial score (nSPS) is 15.4. The topological polar surface area (TPSA) is 132 Å². The second kappa shape index (κ2) is 9.51. The molecule has 0 spiro atoms. The maximum absolute atomic E-state index is 13.0. The number of benzene rings is 2. The lowest BCUT2D eigenvalue weighted by Gasteiger charge is -2.20. The highest BCUT2D eigenvalue weighted by Gasteiger charge is 2.31. The number of carbonyl (C=O) groups is 3. The van der Waals surface area contributed by atoms with Crippen LogP contribution in [0.3, 0.4) is 0 Å². The van der Waals surface area contributed by atoms with Crippen LogP contribution in [0.2, 0.25) is 0 Å². The second-order valence-corrected chi connectivity index (χ2v) is 7.75. The van der Waals surface area contributed by atoms with Gasteiger partial charge < -0.3 is 20.7 Å². The summed E-state index contributed by atoms with van der Waals surface area (Å²) < 4.78 is 7.35. The number of nitrogens with zero attached hydrogens (tertiary/aromatic N) is 4. The van der Waals surface area contributed by atoms with Crippen molar-refractivity contribution in [1.29, 1.82) is 0 Å². The number of ether oxygens (including phenoxy) is 1. The number of hydrogen-bond acceptors (Lipinski definition) is 6. The predicted octanol–water partition coefficient (Wildman–Crippen LogP) is 0.898. The average Bonchev–Trinajstić information content (AvgIpc) is 3.24. The van der Waals surface area contributed by atoms with Crippen molar-refractivity contribution in [3.63, 3.8) is 0 Å². The van der Waals surface area contributed by atoms with Gasteiger partial charge in [0.15, 0.2) is 0 Å². The van der Waals surface area contributed by atoms with Gasteiger partial charge in [-0.3, -0.25) is 14.4 Å². The number of aromatic nitrogens is 3. The number of anilines is 1. The molecular formula is C23H24N6O4. The van der Waals surface area contributed by atoms with Crippen LogP contribution in [0.5, 0.6) is 5.75 Å². The first-order valence-electron chi connectivity index (χ1n) is 10.5. The second-order valence-electron chi connectivity index (χ2n) is 7.75. The van der Waals surface area contributed by atoms with E-state index in [0.29, 0.717) is 24.4 Å². The lowest BCUT2D eigenvalue weighted by Crippen LogP contribution is -2.49. The van der Waals surface area contributed by atoms with Crippen LogP contribution in [0.25, 0.3) is 0 Å². The van der Waals surface area contributed by atoms with Gasteiger partial charge in [0.2, 0.25) is 11.7 Å². The van der Waals surface area contributed by atoms with Crippen molar-refractivity contribution in [3.8, 4) is 5.75 Å². The summed E-state index contributed by atoms with van der Waals surface area (Å²) in [6.45, 7) is 0.440. The average molecular weight is 448 g/mol. The minimum Gasteiger partial charge on any atom is -0.489 e. The highest BCUT2D eigenvalue weighted by atomic mass is 16.5. The number of amides is 3. The van der Waals surface area contributed by atoms with Gasteiger partial charge >= 0.3 is 0 Å². The van der Waals surface area contributed by atoms with Crippen LogP contribution in [-0.2, 0) is 22.6 Å². The molecule has 1 aromatic heterocycles. The van der Waals surface area contributed by atoms with Crippen molar-refractivity contribution in [1.82, 2.24) is 20.1 Å². The van der Waals surface area contributed by atoms with Gasteiger partial charge in [-0.25, -0.2) is 9.67 Å². The molecule has 0 saturated heterocycles. The minimum absolute atomic E-state index is 0.0307. The summed E-state index contributed by atoms with van der Waals surface area (Å²) in [5.74, 6) is -0.816. The monoisotopic (exact) mass is 448 g/mol. The Morgan fingerprint density at radius 3 is 2.73 bits per heavy atom.